The van der Waals surface area contributed by atoms with Crippen LogP contribution in [0.3, 0.4) is 0 Å². The first-order chi connectivity index (χ1) is 17.3. The van der Waals surface area contributed by atoms with E-state index in [1.165, 1.54) is 12.3 Å². The third-order valence-corrected chi connectivity index (χ3v) is 6.03. The molecule has 0 atom stereocenters. The smallest absolute Gasteiger partial charge is 0.323 e. The maximum atomic E-state index is 12.6. The van der Waals surface area contributed by atoms with Gasteiger partial charge in [0.05, 0.1) is 34.7 Å². The van der Waals surface area contributed by atoms with Gasteiger partial charge >= 0.3 is 12.1 Å². The second-order valence-electron chi connectivity index (χ2n) is 8.08. The standard InChI is InChI=1S/C24H25Cl2N7O3/c1-15-3-5-20(36-2)19(11-15)30-23(34)29-17-4-6-21(27-14-17)32-7-9-33(10-8-32)24(35)31-22-18(26)12-16(25)13-28-22/h3-6,11-14H,7-10H2,1-2H3,(H,28,31,35)(H2,29,30,34). The topological polar surface area (TPSA) is 112 Å². The summed E-state index contributed by atoms with van der Waals surface area (Å²) in [5.74, 6) is 1.59. The van der Waals surface area contributed by atoms with E-state index in [4.69, 9.17) is 27.9 Å². The number of ether oxygens (including phenoxy) is 1. The molecule has 12 heteroatoms. The molecule has 0 bridgehead atoms. The molecule has 3 aromatic rings. The van der Waals surface area contributed by atoms with E-state index < -0.39 is 6.03 Å². The SMILES string of the molecule is COc1ccc(C)cc1NC(=O)Nc1ccc(N2CCN(C(=O)Nc3ncc(Cl)cc3Cl)CC2)nc1. The predicted molar refractivity (Wildman–Crippen MR) is 142 cm³/mol. The van der Waals surface area contributed by atoms with Gasteiger partial charge in [0, 0.05) is 32.4 Å². The number of urea groups is 2. The fourth-order valence-corrected chi connectivity index (χ4v) is 4.10. The molecule has 1 aliphatic heterocycles. The van der Waals surface area contributed by atoms with E-state index in [0.717, 1.165) is 11.4 Å². The molecule has 188 valence electrons. The molecule has 2 aromatic heterocycles. The Bertz CT molecular complexity index is 1250. The van der Waals surface area contributed by atoms with Gasteiger partial charge in [0.2, 0.25) is 0 Å². The van der Waals surface area contributed by atoms with Crippen molar-refractivity contribution in [2.45, 2.75) is 6.92 Å². The lowest BCUT2D eigenvalue weighted by Gasteiger charge is -2.35. The number of benzene rings is 1. The molecule has 3 N–H and O–H groups in total. The molecule has 1 saturated heterocycles. The molecule has 0 aliphatic carbocycles. The van der Waals surface area contributed by atoms with E-state index >= 15 is 0 Å². The van der Waals surface area contributed by atoms with E-state index in [1.54, 1.807) is 30.3 Å². The molecule has 0 saturated carbocycles. The lowest BCUT2D eigenvalue weighted by molar-refractivity contribution is 0.208. The average Bonchev–Trinajstić information content (AvgIpc) is 2.86. The monoisotopic (exact) mass is 529 g/mol. The highest BCUT2D eigenvalue weighted by molar-refractivity contribution is 6.36. The summed E-state index contributed by atoms with van der Waals surface area (Å²) in [6.45, 7) is 4.13. The van der Waals surface area contributed by atoms with Gasteiger partial charge in [-0.15, -0.1) is 0 Å². The first-order valence-corrected chi connectivity index (χ1v) is 11.9. The van der Waals surface area contributed by atoms with Gasteiger partial charge in [-0.05, 0) is 42.8 Å². The summed E-state index contributed by atoms with van der Waals surface area (Å²) in [7, 11) is 1.55. The van der Waals surface area contributed by atoms with E-state index in [-0.39, 0.29) is 16.9 Å². The number of carbonyl (C=O) groups is 2. The van der Waals surface area contributed by atoms with E-state index in [9.17, 15) is 9.59 Å². The van der Waals surface area contributed by atoms with Crippen LogP contribution in [0.15, 0.2) is 48.8 Å². The number of halogens is 2. The van der Waals surface area contributed by atoms with Crippen molar-refractivity contribution in [3.63, 3.8) is 0 Å². The number of aryl methyl sites for hydroxylation is 1. The van der Waals surface area contributed by atoms with Crippen LogP contribution in [-0.2, 0) is 0 Å². The number of nitrogens with zero attached hydrogens (tertiary/aromatic N) is 4. The highest BCUT2D eigenvalue weighted by Crippen LogP contribution is 2.26. The fourth-order valence-electron chi connectivity index (χ4n) is 3.68. The maximum Gasteiger partial charge on any atom is 0.323 e. The van der Waals surface area contributed by atoms with E-state index in [0.29, 0.717) is 48.3 Å². The third kappa shape index (κ3) is 6.27. The molecule has 0 radical (unpaired) electrons. The highest BCUT2D eigenvalue weighted by atomic mass is 35.5. The molecule has 1 aliphatic rings. The molecule has 0 unspecified atom stereocenters. The summed E-state index contributed by atoms with van der Waals surface area (Å²) in [4.78, 5) is 37.3. The number of anilines is 4. The summed E-state index contributed by atoms with van der Waals surface area (Å²) in [5.41, 5.74) is 2.13. The van der Waals surface area contributed by atoms with Gasteiger partial charge in [0.1, 0.15) is 11.6 Å². The molecule has 10 nitrogen and oxygen atoms in total. The Morgan fingerprint density at radius 1 is 0.944 bits per heavy atom. The molecular weight excluding hydrogens is 505 g/mol. The van der Waals surface area contributed by atoms with Gasteiger partial charge in [0.25, 0.3) is 0 Å². The van der Waals surface area contributed by atoms with Crippen molar-refractivity contribution in [2.24, 2.45) is 0 Å². The number of piperazine rings is 1. The number of hydrogen-bond donors (Lipinski definition) is 3. The van der Waals surface area contributed by atoms with E-state index in [1.807, 2.05) is 25.1 Å². The third-order valence-electron chi connectivity index (χ3n) is 5.53. The molecular formula is C24H25Cl2N7O3. The summed E-state index contributed by atoms with van der Waals surface area (Å²) in [6.07, 6.45) is 3.02. The van der Waals surface area contributed by atoms with Gasteiger partial charge in [0.15, 0.2) is 5.82 Å². The van der Waals surface area contributed by atoms with E-state index in [2.05, 4.69) is 30.8 Å². The first kappa shape index (κ1) is 25.3. The Balaban J connectivity index is 1.28. The van der Waals surface area contributed by atoms with Crippen molar-refractivity contribution in [2.75, 3.05) is 54.1 Å². The summed E-state index contributed by atoms with van der Waals surface area (Å²) in [5, 5.41) is 8.95. The molecule has 1 fully saturated rings. The van der Waals surface area contributed by atoms with Crippen molar-refractivity contribution < 1.29 is 14.3 Å². The molecule has 1 aromatic carbocycles. The lowest BCUT2D eigenvalue weighted by Crippen LogP contribution is -2.50. The number of aromatic nitrogens is 2. The molecule has 4 amide bonds. The minimum Gasteiger partial charge on any atom is -0.495 e. The number of carbonyl (C=O) groups excluding carboxylic acids is 2. The Labute approximate surface area is 218 Å². The van der Waals surface area contributed by atoms with Crippen LogP contribution < -0.4 is 25.6 Å². The van der Waals surface area contributed by atoms with Crippen LogP contribution in [0.2, 0.25) is 10.0 Å². The van der Waals surface area contributed by atoms with Crippen molar-refractivity contribution in [1.29, 1.82) is 0 Å². The number of pyridine rings is 2. The lowest BCUT2D eigenvalue weighted by atomic mass is 10.2. The Kier molecular flexibility index (Phi) is 7.97. The Hall–Kier alpha value is -3.76. The van der Waals surface area contributed by atoms with Crippen molar-refractivity contribution in [3.8, 4) is 5.75 Å². The van der Waals surface area contributed by atoms with Crippen LogP contribution in [-0.4, -0.2) is 60.2 Å². The highest BCUT2D eigenvalue weighted by Gasteiger charge is 2.23. The number of nitrogens with one attached hydrogen (secondary N) is 3. The molecule has 0 spiro atoms. The van der Waals surface area contributed by atoms with Crippen LogP contribution in [0, 0.1) is 6.92 Å². The largest absolute Gasteiger partial charge is 0.495 e. The number of methoxy groups -OCH3 is 1. The molecule has 4 rings (SSSR count). The van der Waals surface area contributed by atoms with Gasteiger partial charge in [-0.2, -0.15) is 0 Å². The summed E-state index contributed by atoms with van der Waals surface area (Å²) < 4.78 is 5.29. The van der Waals surface area contributed by atoms with Gasteiger partial charge in [-0.1, -0.05) is 29.3 Å². The first-order valence-electron chi connectivity index (χ1n) is 11.1. The van der Waals surface area contributed by atoms with Crippen molar-refractivity contribution in [3.05, 3.63) is 64.4 Å². The number of amides is 4. The normalized spacial score (nSPS) is 13.2. The Morgan fingerprint density at radius 2 is 1.72 bits per heavy atom. The Morgan fingerprint density at radius 3 is 2.39 bits per heavy atom. The van der Waals surface area contributed by atoms with Crippen LogP contribution in [0.1, 0.15) is 5.56 Å². The van der Waals surface area contributed by atoms with Gasteiger partial charge in [-0.3, -0.25) is 5.32 Å². The average molecular weight is 530 g/mol. The summed E-state index contributed by atoms with van der Waals surface area (Å²) in [6, 6.07) is 9.99. The molecule has 36 heavy (non-hydrogen) atoms. The zero-order valence-electron chi connectivity index (χ0n) is 19.7. The van der Waals surface area contributed by atoms with Gasteiger partial charge < -0.3 is 25.2 Å². The zero-order chi connectivity index (χ0) is 25.7. The minimum absolute atomic E-state index is 0.267. The zero-order valence-corrected chi connectivity index (χ0v) is 21.2. The van der Waals surface area contributed by atoms with Crippen LogP contribution in [0.4, 0.5) is 32.6 Å². The number of rotatable bonds is 5. The summed E-state index contributed by atoms with van der Waals surface area (Å²) >= 11 is 11.9. The van der Waals surface area contributed by atoms with Crippen LogP contribution >= 0.6 is 23.2 Å². The minimum atomic E-state index is -0.400. The van der Waals surface area contributed by atoms with Crippen LogP contribution in [0.25, 0.3) is 0 Å². The fraction of sp³-hybridized carbons (Fsp3) is 0.250. The second-order valence-corrected chi connectivity index (χ2v) is 8.92. The quantitative estimate of drug-likeness (QED) is 0.424. The molecule has 3 heterocycles. The van der Waals surface area contributed by atoms with Crippen LogP contribution in [0.5, 0.6) is 5.75 Å². The van der Waals surface area contributed by atoms with Gasteiger partial charge in [-0.25, -0.2) is 19.6 Å². The van der Waals surface area contributed by atoms with Crippen molar-refractivity contribution in [1.82, 2.24) is 14.9 Å². The van der Waals surface area contributed by atoms with Crippen molar-refractivity contribution >= 4 is 58.3 Å². The maximum absolute atomic E-state index is 12.6. The number of hydrogen-bond acceptors (Lipinski definition) is 6. The predicted octanol–water partition coefficient (Wildman–Crippen LogP) is 5.10. The second kappa shape index (κ2) is 11.3.